The largest absolute Gasteiger partial charge is 0.466 e. The maximum atomic E-state index is 12.2. The van der Waals surface area contributed by atoms with Gasteiger partial charge in [0.05, 0.1) is 12.2 Å². The monoisotopic (exact) mass is 440 g/mol. The molecule has 6 rings (SSSR count). The minimum absolute atomic E-state index is 0.0774. The van der Waals surface area contributed by atoms with Gasteiger partial charge in [0.15, 0.2) is 0 Å². The first-order valence-electron chi connectivity index (χ1n) is 12.5. The first-order chi connectivity index (χ1) is 15.2. The molecule has 0 aromatic carbocycles. The van der Waals surface area contributed by atoms with E-state index < -0.39 is 11.7 Å². The second kappa shape index (κ2) is 6.73. The first kappa shape index (κ1) is 21.0. The number of rotatable bonds is 1. The summed E-state index contributed by atoms with van der Waals surface area (Å²) in [5.41, 5.74) is 0.525. The zero-order chi connectivity index (χ0) is 22.5. The normalized spacial score (nSPS) is 49.9. The van der Waals surface area contributed by atoms with Gasteiger partial charge in [-0.1, -0.05) is 25.5 Å². The van der Waals surface area contributed by atoms with Crippen LogP contribution in [0.25, 0.3) is 0 Å². The van der Waals surface area contributed by atoms with Crippen LogP contribution in [0.5, 0.6) is 0 Å². The number of aliphatic hydroxyl groups excluding tert-OH is 2. The summed E-state index contributed by atoms with van der Waals surface area (Å²) in [4.78, 5) is 12.2. The van der Waals surface area contributed by atoms with Gasteiger partial charge in [0.2, 0.25) is 0 Å². The number of carbonyl (C=O) groups excluding carboxylic acids is 1. The molecule has 32 heavy (non-hydrogen) atoms. The van der Waals surface area contributed by atoms with E-state index in [9.17, 15) is 15.0 Å². The fraction of sp³-hybridized carbons (Fsp3) is 0.741. The van der Waals surface area contributed by atoms with E-state index in [1.54, 1.807) is 0 Å². The molecule has 1 aliphatic heterocycles. The predicted octanol–water partition coefficient (Wildman–Crippen LogP) is 4.65. The van der Waals surface area contributed by atoms with Gasteiger partial charge in [-0.25, -0.2) is 0 Å². The molecule has 0 radical (unpaired) electrons. The third-order valence-electron chi connectivity index (χ3n) is 10.5. The standard InChI is InChI=1S/C27H36O5/c1-15-4-5-21(31-15)18-13-16-12-17(28)6-9-25(16,2)24-20(29)14-26(3)19(23(18)24)7-10-27(26)11-8-22(30)32-27/h4-5,13,17-20,23-24,28-29H,6-12,14H2,1-3H3/t17?,18-,19-,20+,23-,24?,25?,26?,27?/m0/s1. The van der Waals surface area contributed by atoms with Crippen LogP contribution in [0.2, 0.25) is 0 Å². The van der Waals surface area contributed by atoms with Crippen molar-refractivity contribution in [2.24, 2.45) is 28.6 Å². The summed E-state index contributed by atoms with van der Waals surface area (Å²) in [6, 6.07) is 4.12. The van der Waals surface area contributed by atoms with Crippen LogP contribution in [0.3, 0.4) is 0 Å². The lowest BCUT2D eigenvalue weighted by Gasteiger charge is -2.62. The van der Waals surface area contributed by atoms with Gasteiger partial charge >= 0.3 is 5.97 Å². The Labute approximate surface area is 190 Å². The molecule has 2 heterocycles. The van der Waals surface area contributed by atoms with Crippen molar-refractivity contribution < 1.29 is 24.2 Å². The van der Waals surface area contributed by atoms with E-state index in [2.05, 4.69) is 26.0 Å². The summed E-state index contributed by atoms with van der Waals surface area (Å²) in [5.74, 6) is 2.58. The Bertz CT molecular complexity index is 978. The molecule has 5 aliphatic rings. The number of furan rings is 1. The average Bonchev–Trinajstić information content (AvgIpc) is 3.40. The van der Waals surface area contributed by atoms with Gasteiger partial charge in [-0.2, -0.15) is 0 Å². The van der Waals surface area contributed by atoms with Crippen molar-refractivity contribution in [2.75, 3.05) is 0 Å². The maximum absolute atomic E-state index is 12.2. The Kier molecular flexibility index (Phi) is 4.41. The number of aliphatic hydroxyl groups is 2. The Morgan fingerprint density at radius 3 is 2.59 bits per heavy atom. The molecule has 1 aromatic heterocycles. The van der Waals surface area contributed by atoms with Crippen LogP contribution in [0.1, 0.15) is 82.7 Å². The fourth-order valence-electron chi connectivity index (χ4n) is 8.97. The highest BCUT2D eigenvalue weighted by Crippen LogP contribution is 2.71. The number of aryl methyl sites for hydroxylation is 1. The Morgan fingerprint density at radius 2 is 1.91 bits per heavy atom. The Balaban J connectivity index is 1.50. The van der Waals surface area contributed by atoms with Crippen LogP contribution in [-0.2, 0) is 9.53 Å². The molecule has 2 N–H and O–H groups in total. The topological polar surface area (TPSA) is 79.9 Å². The molecule has 3 saturated carbocycles. The van der Waals surface area contributed by atoms with E-state index in [-0.39, 0.29) is 40.7 Å². The molecule has 174 valence electrons. The predicted molar refractivity (Wildman–Crippen MR) is 119 cm³/mol. The number of hydrogen-bond donors (Lipinski definition) is 2. The van der Waals surface area contributed by atoms with Crippen molar-refractivity contribution in [3.63, 3.8) is 0 Å². The van der Waals surface area contributed by atoms with Crippen molar-refractivity contribution >= 4 is 5.97 Å². The van der Waals surface area contributed by atoms with Crippen molar-refractivity contribution in [1.82, 2.24) is 0 Å². The third kappa shape index (κ3) is 2.61. The lowest BCUT2D eigenvalue weighted by atomic mass is 9.44. The maximum Gasteiger partial charge on any atom is 0.306 e. The van der Waals surface area contributed by atoms with Crippen LogP contribution in [0.15, 0.2) is 28.2 Å². The van der Waals surface area contributed by atoms with Gasteiger partial charge in [-0.15, -0.1) is 0 Å². The molecular formula is C27H36O5. The number of allylic oxidation sites excluding steroid dienone is 1. The average molecular weight is 441 g/mol. The summed E-state index contributed by atoms with van der Waals surface area (Å²) >= 11 is 0. The minimum Gasteiger partial charge on any atom is -0.466 e. The van der Waals surface area contributed by atoms with Gasteiger partial charge < -0.3 is 19.4 Å². The van der Waals surface area contributed by atoms with Gasteiger partial charge in [0.25, 0.3) is 0 Å². The second-order valence-electron chi connectivity index (χ2n) is 11.9. The van der Waals surface area contributed by atoms with Crippen LogP contribution in [0, 0.1) is 35.5 Å². The fourth-order valence-corrected chi connectivity index (χ4v) is 8.97. The van der Waals surface area contributed by atoms with Crippen LogP contribution in [0.4, 0.5) is 0 Å². The first-order valence-corrected chi connectivity index (χ1v) is 12.5. The molecule has 9 atom stereocenters. The molecule has 1 saturated heterocycles. The molecular weight excluding hydrogens is 404 g/mol. The van der Waals surface area contributed by atoms with Gasteiger partial charge in [0.1, 0.15) is 17.1 Å². The molecule has 1 aromatic rings. The van der Waals surface area contributed by atoms with Crippen molar-refractivity contribution in [2.45, 2.75) is 95.9 Å². The number of esters is 1. The van der Waals surface area contributed by atoms with E-state index in [4.69, 9.17) is 9.15 Å². The smallest absolute Gasteiger partial charge is 0.306 e. The van der Waals surface area contributed by atoms with E-state index >= 15 is 0 Å². The zero-order valence-electron chi connectivity index (χ0n) is 19.5. The molecule has 0 amide bonds. The van der Waals surface area contributed by atoms with Crippen LogP contribution >= 0.6 is 0 Å². The summed E-state index contributed by atoms with van der Waals surface area (Å²) < 4.78 is 12.3. The highest BCUT2D eigenvalue weighted by Gasteiger charge is 2.70. The molecule has 4 aliphatic carbocycles. The summed E-state index contributed by atoms with van der Waals surface area (Å²) in [6.07, 6.45) is 7.87. The SMILES string of the molecule is Cc1ccc([C@@H]2C=C3CC(O)CCC3(C)C3[C@@H]2[C@@H]2CCC4(CCC(=O)O4)C2(C)C[C@H]3O)o1. The van der Waals surface area contributed by atoms with Crippen LogP contribution in [-0.4, -0.2) is 34.0 Å². The molecule has 1 spiro atoms. The lowest BCUT2D eigenvalue weighted by molar-refractivity contribution is -0.185. The summed E-state index contributed by atoms with van der Waals surface area (Å²) in [5, 5.41) is 22.3. The number of ether oxygens (including phenoxy) is 1. The molecule has 4 fully saturated rings. The number of fused-ring (bicyclic) bond motifs is 6. The van der Waals surface area contributed by atoms with E-state index in [1.807, 2.05) is 13.0 Å². The molecule has 5 unspecified atom stereocenters. The number of hydrogen-bond acceptors (Lipinski definition) is 5. The van der Waals surface area contributed by atoms with E-state index in [0.717, 1.165) is 43.6 Å². The Morgan fingerprint density at radius 1 is 1.09 bits per heavy atom. The minimum atomic E-state index is -0.460. The van der Waals surface area contributed by atoms with Crippen molar-refractivity contribution in [1.29, 1.82) is 0 Å². The molecule has 5 heteroatoms. The Hall–Kier alpha value is -1.59. The lowest BCUT2D eigenvalue weighted by Crippen LogP contribution is -2.60. The summed E-state index contributed by atoms with van der Waals surface area (Å²) in [7, 11) is 0. The quantitative estimate of drug-likeness (QED) is 0.491. The zero-order valence-corrected chi connectivity index (χ0v) is 19.5. The summed E-state index contributed by atoms with van der Waals surface area (Å²) in [6.45, 7) is 6.57. The van der Waals surface area contributed by atoms with Gasteiger partial charge in [-0.3, -0.25) is 4.79 Å². The van der Waals surface area contributed by atoms with Crippen molar-refractivity contribution in [3.8, 4) is 0 Å². The van der Waals surface area contributed by atoms with Gasteiger partial charge in [-0.05, 0) is 87.2 Å². The highest BCUT2D eigenvalue weighted by atomic mass is 16.6. The van der Waals surface area contributed by atoms with Crippen molar-refractivity contribution in [3.05, 3.63) is 35.3 Å². The van der Waals surface area contributed by atoms with Gasteiger partial charge in [0, 0.05) is 17.8 Å². The third-order valence-corrected chi connectivity index (χ3v) is 10.5. The molecule has 5 nitrogen and oxygen atoms in total. The second-order valence-corrected chi connectivity index (χ2v) is 11.9. The van der Waals surface area contributed by atoms with E-state index in [0.29, 0.717) is 25.2 Å². The van der Waals surface area contributed by atoms with Crippen LogP contribution < -0.4 is 0 Å². The van der Waals surface area contributed by atoms with E-state index in [1.165, 1.54) is 5.57 Å². The highest BCUT2D eigenvalue weighted by molar-refractivity contribution is 5.72. The molecule has 0 bridgehead atoms. The number of carbonyl (C=O) groups is 1.